The molecule has 0 aromatic heterocycles. The van der Waals surface area contributed by atoms with E-state index in [2.05, 4.69) is 0 Å². The predicted molar refractivity (Wildman–Crippen MR) is 63.8 cm³/mol. The number of nitrogens with zero attached hydrogens (tertiary/aromatic N) is 1. The lowest BCUT2D eigenvalue weighted by Gasteiger charge is -2.26. The summed E-state index contributed by atoms with van der Waals surface area (Å²) in [4.78, 5) is 13.2. The number of anilines is 2. The van der Waals surface area contributed by atoms with E-state index in [1.807, 2.05) is 11.8 Å². The maximum absolute atomic E-state index is 13.3. The van der Waals surface area contributed by atoms with Crippen molar-refractivity contribution in [2.45, 2.75) is 25.8 Å². The van der Waals surface area contributed by atoms with Crippen molar-refractivity contribution in [3.63, 3.8) is 0 Å². The maximum Gasteiger partial charge on any atom is 0.340 e. The Bertz CT molecular complexity index is 462. The summed E-state index contributed by atoms with van der Waals surface area (Å²) in [7, 11) is 0. The van der Waals surface area contributed by atoms with Gasteiger partial charge in [0.15, 0.2) is 0 Å². The van der Waals surface area contributed by atoms with Crippen LogP contribution in [0.1, 0.15) is 30.1 Å². The molecule has 4 nitrogen and oxygen atoms in total. The molecule has 1 atom stereocenters. The van der Waals surface area contributed by atoms with Gasteiger partial charge in [-0.1, -0.05) is 0 Å². The van der Waals surface area contributed by atoms with Crippen LogP contribution in [-0.4, -0.2) is 23.7 Å². The number of nitrogen functional groups attached to an aromatic ring is 1. The Morgan fingerprint density at radius 1 is 1.59 bits per heavy atom. The van der Waals surface area contributed by atoms with Crippen molar-refractivity contribution in [2.24, 2.45) is 0 Å². The van der Waals surface area contributed by atoms with Gasteiger partial charge in [-0.15, -0.1) is 0 Å². The van der Waals surface area contributed by atoms with Gasteiger partial charge in [0.25, 0.3) is 0 Å². The highest BCUT2D eigenvalue weighted by Crippen LogP contribution is 2.32. The van der Waals surface area contributed by atoms with E-state index >= 15 is 0 Å². The SMILES string of the molecule is CC1CCCN1c1ccc(F)c(N)c1C(=O)O. The standard InChI is InChI=1S/C12H15FN2O2/c1-7-3-2-6-15(7)9-5-4-8(13)11(14)10(9)12(16)17/h4-5,7H,2-3,6,14H2,1H3,(H,16,17). The largest absolute Gasteiger partial charge is 0.478 e. The highest BCUT2D eigenvalue weighted by atomic mass is 19.1. The van der Waals surface area contributed by atoms with E-state index in [1.54, 1.807) is 0 Å². The number of hydrogen-bond acceptors (Lipinski definition) is 3. The lowest BCUT2D eigenvalue weighted by molar-refractivity contribution is 0.0698. The molecule has 1 heterocycles. The third-order valence-electron chi connectivity index (χ3n) is 3.25. The zero-order valence-electron chi connectivity index (χ0n) is 9.61. The van der Waals surface area contributed by atoms with E-state index in [-0.39, 0.29) is 17.3 Å². The fourth-order valence-corrected chi connectivity index (χ4v) is 2.34. The summed E-state index contributed by atoms with van der Waals surface area (Å²) in [5.74, 6) is -1.87. The van der Waals surface area contributed by atoms with Crippen molar-refractivity contribution >= 4 is 17.3 Å². The molecule has 1 aromatic rings. The maximum atomic E-state index is 13.3. The highest BCUT2D eigenvalue weighted by molar-refractivity contribution is 6.00. The second-order valence-electron chi connectivity index (χ2n) is 4.34. The molecule has 0 radical (unpaired) electrons. The summed E-state index contributed by atoms with van der Waals surface area (Å²) >= 11 is 0. The van der Waals surface area contributed by atoms with E-state index in [0.29, 0.717) is 5.69 Å². The van der Waals surface area contributed by atoms with Crippen LogP contribution in [0.3, 0.4) is 0 Å². The Morgan fingerprint density at radius 3 is 2.82 bits per heavy atom. The summed E-state index contributed by atoms with van der Waals surface area (Å²) in [6.45, 7) is 2.81. The molecule has 0 amide bonds. The van der Waals surface area contributed by atoms with Crippen LogP contribution in [0, 0.1) is 5.82 Å². The minimum atomic E-state index is -1.18. The van der Waals surface area contributed by atoms with Gasteiger partial charge in [-0.3, -0.25) is 0 Å². The van der Waals surface area contributed by atoms with Gasteiger partial charge in [-0.25, -0.2) is 9.18 Å². The summed E-state index contributed by atoms with van der Waals surface area (Å²) in [5.41, 5.74) is 5.62. The van der Waals surface area contributed by atoms with Crippen molar-refractivity contribution in [3.05, 3.63) is 23.5 Å². The van der Waals surface area contributed by atoms with Crippen molar-refractivity contribution in [1.82, 2.24) is 0 Å². The molecule has 2 rings (SSSR count). The summed E-state index contributed by atoms with van der Waals surface area (Å²) in [5, 5.41) is 9.14. The van der Waals surface area contributed by atoms with E-state index in [1.165, 1.54) is 12.1 Å². The van der Waals surface area contributed by atoms with Crippen LogP contribution in [0.5, 0.6) is 0 Å². The number of hydrogen-bond donors (Lipinski definition) is 2. The molecule has 1 saturated heterocycles. The molecular formula is C12H15FN2O2. The van der Waals surface area contributed by atoms with Gasteiger partial charge in [-0.05, 0) is 31.9 Å². The first-order valence-electron chi connectivity index (χ1n) is 5.60. The van der Waals surface area contributed by atoms with Gasteiger partial charge in [0.1, 0.15) is 11.4 Å². The second kappa shape index (κ2) is 4.24. The molecular weight excluding hydrogens is 223 g/mol. The first kappa shape index (κ1) is 11.7. The number of carboxylic acid groups (broad SMARTS) is 1. The molecule has 5 heteroatoms. The number of aromatic carboxylic acids is 1. The molecule has 1 fully saturated rings. The monoisotopic (exact) mass is 238 g/mol. The molecule has 1 aliphatic rings. The molecule has 0 aliphatic carbocycles. The summed E-state index contributed by atoms with van der Waals surface area (Å²) in [6.07, 6.45) is 2.02. The number of rotatable bonds is 2. The lowest BCUT2D eigenvalue weighted by Crippen LogP contribution is -2.28. The molecule has 0 spiro atoms. The van der Waals surface area contributed by atoms with Crippen molar-refractivity contribution in [2.75, 3.05) is 17.2 Å². The average Bonchev–Trinajstić information content (AvgIpc) is 2.67. The van der Waals surface area contributed by atoms with Crippen LogP contribution < -0.4 is 10.6 Å². The first-order valence-corrected chi connectivity index (χ1v) is 5.60. The Labute approximate surface area is 98.8 Å². The third kappa shape index (κ3) is 1.92. The van der Waals surface area contributed by atoms with Crippen molar-refractivity contribution in [3.8, 4) is 0 Å². The number of carbonyl (C=O) groups is 1. The Kier molecular flexibility index (Phi) is 2.92. The number of carboxylic acids is 1. The molecule has 0 bridgehead atoms. The normalized spacial score (nSPS) is 19.6. The van der Waals surface area contributed by atoms with Crippen LogP contribution in [0.4, 0.5) is 15.8 Å². The van der Waals surface area contributed by atoms with E-state index in [4.69, 9.17) is 10.8 Å². The van der Waals surface area contributed by atoms with Crippen LogP contribution in [0.2, 0.25) is 0 Å². The predicted octanol–water partition coefficient (Wildman–Crippen LogP) is 2.09. The molecule has 1 aliphatic heterocycles. The molecule has 1 unspecified atom stereocenters. The van der Waals surface area contributed by atoms with E-state index in [0.717, 1.165) is 19.4 Å². The lowest BCUT2D eigenvalue weighted by atomic mass is 10.1. The quantitative estimate of drug-likeness (QED) is 0.774. The Morgan fingerprint density at radius 2 is 2.29 bits per heavy atom. The highest BCUT2D eigenvalue weighted by Gasteiger charge is 2.27. The second-order valence-corrected chi connectivity index (χ2v) is 4.34. The van der Waals surface area contributed by atoms with Gasteiger partial charge in [0.05, 0.1) is 11.4 Å². The number of nitrogens with two attached hydrogens (primary N) is 1. The topological polar surface area (TPSA) is 66.6 Å². The van der Waals surface area contributed by atoms with E-state index < -0.39 is 11.8 Å². The molecule has 1 aromatic carbocycles. The number of halogens is 1. The molecule has 92 valence electrons. The smallest absolute Gasteiger partial charge is 0.340 e. The van der Waals surface area contributed by atoms with Crippen LogP contribution in [0.15, 0.2) is 12.1 Å². The fourth-order valence-electron chi connectivity index (χ4n) is 2.34. The van der Waals surface area contributed by atoms with Gasteiger partial charge >= 0.3 is 5.97 Å². The summed E-state index contributed by atoms with van der Waals surface area (Å²) < 4.78 is 13.3. The number of benzene rings is 1. The first-order chi connectivity index (χ1) is 8.02. The van der Waals surface area contributed by atoms with Gasteiger partial charge < -0.3 is 15.7 Å². The third-order valence-corrected chi connectivity index (χ3v) is 3.25. The van der Waals surface area contributed by atoms with Crippen molar-refractivity contribution < 1.29 is 14.3 Å². The molecule has 0 saturated carbocycles. The zero-order chi connectivity index (χ0) is 12.6. The van der Waals surface area contributed by atoms with E-state index in [9.17, 15) is 9.18 Å². The van der Waals surface area contributed by atoms with Gasteiger partial charge in [0.2, 0.25) is 0 Å². The summed E-state index contributed by atoms with van der Waals surface area (Å²) in [6, 6.07) is 2.98. The van der Waals surface area contributed by atoms with Crippen LogP contribution in [-0.2, 0) is 0 Å². The average molecular weight is 238 g/mol. The fraction of sp³-hybridized carbons (Fsp3) is 0.417. The Hall–Kier alpha value is -1.78. The Balaban J connectivity index is 2.53. The molecule has 17 heavy (non-hydrogen) atoms. The van der Waals surface area contributed by atoms with Gasteiger partial charge in [-0.2, -0.15) is 0 Å². The zero-order valence-corrected chi connectivity index (χ0v) is 9.61. The van der Waals surface area contributed by atoms with Crippen LogP contribution in [0.25, 0.3) is 0 Å². The minimum Gasteiger partial charge on any atom is -0.478 e. The molecule has 3 N–H and O–H groups in total. The van der Waals surface area contributed by atoms with Crippen LogP contribution >= 0.6 is 0 Å². The van der Waals surface area contributed by atoms with Crippen molar-refractivity contribution in [1.29, 1.82) is 0 Å². The minimum absolute atomic E-state index is 0.126. The van der Waals surface area contributed by atoms with Gasteiger partial charge in [0, 0.05) is 12.6 Å².